The zero-order valence-electron chi connectivity index (χ0n) is 19.3. The summed E-state index contributed by atoms with van der Waals surface area (Å²) in [5.74, 6) is -1.42. The lowest BCUT2D eigenvalue weighted by atomic mass is 10.2. The van der Waals surface area contributed by atoms with Gasteiger partial charge in [-0.15, -0.1) is 0 Å². The quantitative estimate of drug-likeness (QED) is 0.0956. The number of hydrogen-bond donors (Lipinski definition) is 2. The van der Waals surface area contributed by atoms with Gasteiger partial charge in [0, 0.05) is 0 Å². The van der Waals surface area contributed by atoms with Crippen LogP contribution in [0, 0.1) is 0 Å². The number of hydrazone groups is 1. The first-order valence-corrected chi connectivity index (χ1v) is 11.8. The fraction of sp³-hybridized carbons (Fsp3) is 0.154. The smallest absolute Gasteiger partial charge is 0.343 e. The summed E-state index contributed by atoms with van der Waals surface area (Å²) < 4.78 is 11.0. The molecule has 0 atom stereocenters. The number of amides is 2. The van der Waals surface area contributed by atoms with Gasteiger partial charge in [-0.2, -0.15) is 5.10 Å². The topological polar surface area (TPSA) is 106 Å². The zero-order chi connectivity index (χ0) is 25.9. The second kappa shape index (κ2) is 13.3. The van der Waals surface area contributed by atoms with Crippen LogP contribution in [0.25, 0.3) is 0 Å². The van der Waals surface area contributed by atoms with Gasteiger partial charge in [0.2, 0.25) is 0 Å². The number of rotatable bonds is 9. The van der Waals surface area contributed by atoms with Crippen LogP contribution in [0.1, 0.15) is 35.7 Å². The van der Waals surface area contributed by atoms with Crippen molar-refractivity contribution >= 4 is 52.9 Å². The maximum absolute atomic E-state index is 12.4. The SMILES string of the molecule is CCCCOc1ccc(C(=O)Oc2ccc(/C=N\NC(=O)C(=O)Nc3cccc(Cl)c3Cl)cc2)cc1. The summed E-state index contributed by atoms with van der Waals surface area (Å²) in [6.07, 6.45) is 3.34. The highest BCUT2D eigenvalue weighted by Gasteiger charge is 2.15. The summed E-state index contributed by atoms with van der Waals surface area (Å²) in [5, 5.41) is 6.48. The summed E-state index contributed by atoms with van der Waals surface area (Å²) in [7, 11) is 0. The van der Waals surface area contributed by atoms with Crippen LogP contribution in [0.5, 0.6) is 11.5 Å². The number of carbonyl (C=O) groups is 3. The van der Waals surface area contributed by atoms with Gasteiger partial charge in [0.25, 0.3) is 0 Å². The minimum Gasteiger partial charge on any atom is -0.494 e. The Morgan fingerprint density at radius 3 is 2.31 bits per heavy atom. The van der Waals surface area contributed by atoms with E-state index in [0.717, 1.165) is 12.8 Å². The van der Waals surface area contributed by atoms with Crippen LogP contribution in [0.15, 0.2) is 71.8 Å². The average molecular weight is 528 g/mol. The molecule has 0 spiro atoms. The fourth-order valence-electron chi connectivity index (χ4n) is 2.81. The molecule has 8 nitrogen and oxygen atoms in total. The molecule has 3 rings (SSSR count). The molecular formula is C26H23Cl2N3O5. The van der Waals surface area contributed by atoms with Gasteiger partial charge in [0.05, 0.1) is 34.1 Å². The Bertz CT molecular complexity index is 1250. The van der Waals surface area contributed by atoms with Gasteiger partial charge in [-0.1, -0.05) is 42.6 Å². The zero-order valence-corrected chi connectivity index (χ0v) is 20.8. The summed E-state index contributed by atoms with van der Waals surface area (Å²) in [5.41, 5.74) is 3.32. The van der Waals surface area contributed by atoms with Gasteiger partial charge in [0.15, 0.2) is 0 Å². The molecule has 0 aliphatic heterocycles. The number of nitrogens with zero attached hydrogens (tertiary/aromatic N) is 1. The molecule has 186 valence electrons. The van der Waals surface area contributed by atoms with E-state index in [1.54, 1.807) is 60.7 Å². The van der Waals surface area contributed by atoms with Gasteiger partial charge in [0.1, 0.15) is 11.5 Å². The van der Waals surface area contributed by atoms with E-state index in [0.29, 0.717) is 29.2 Å². The van der Waals surface area contributed by atoms with Crippen molar-refractivity contribution in [3.05, 3.63) is 87.9 Å². The second-order valence-corrected chi connectivity index (χ2v) is 8.22. The van der Waals surface area contributed by atoms with Crippen LogP contribution in [-0.2, 0) is 9.59 Å². The first kappa shape index (κ1) is 26.7. The van der Waals surface area contributed by atoms with Gasteiger partial charge >= 0.3 is 17.8 Å². The van der Waals surface area contributed by atoms with E-state index in [9.17, 15) is 14.4 Å². The van der Waals surface area contributed by atoms with Crippen molar-refractivity contribution in [3.63, 3.8) is 0 Å². The number of esters is 1. The van der Waals surface area contributed by atoms with E-state index in [2.05, 4.69) is 22.8 Å². The maximum Gasteiger partial charge on any atom is 0.343 e. The molecule has 36 heavy (non-hydrogen) atoms. The lowest BCUT2D eigenvalue weighted by Crippen LogP contribution is -2.32. The number of benzene rings is 3. The van der Waals surface area contributed by atoms with Crippen molar-refractivity contribution in [1.82, 2.24) is 5.43 Å². The normalized spacial score (nSPS) is 10.6. The maximum atomic E-state index is 12.4. The first-order chi connectivity index (χ1) is 17.4. The molecule has 10 heteroatoms. The molecule has 0 radical (unpaired) electrons. The van der Waals surface area contributed by atoms with Crippen LogP contribution in [0.3, 0.4) is 0 Å². The van der Waals surface area contributed by atoms with Crippen molar-refractivity contribution in [3.8, 4) is 11.5 Å². The van der Waals surface area contributed by atoms with Crippen LogP contribution >= 0.6 is 23.2 Å². The van der Waals surface area contributed by atoms with Gasteiger partial charge in [-0.05, 0) is 72.6 Å². The molecule has 2 amide bonds. The summed E-state index contributed by atoms with van der Waals surface area (Å²) in [6.45, 7) is 2.71. The number of unbranched alkanes of at least 4 members (excludes halogenated alkanes) is 1. The van der Waals surface area contributed by atoms with Crippen molar-refractivity contribution in [2.75, 3.05) is 11.9 Å². The lowest BCUT2D eigenvalue weighted by Gasteiger charge is -2.07. The van der Waals surface area contributed by atoms with Crippen molar-refractivity contribution < 1.29 is 23.9 Å². The number of halogens is 2. The van der Waals surface area contributed by atoms with E-state index in [1.807, 2.05) is 0 Å². The third-order valence-corrected chi connectivity index (χ3v) is 5.55. The predicted octanol–water partition coefficient (Wildman–Crippen LogP) is 5.48. The monoisotopic (exact) mass is 527 g/mol. The Morgan fingerprint density at radius 1 is 0.917 bits per heavy atom. The second-order valence-electron chi connectivity index (χ2n) is 7.44. The van der Waals surface area contributed by atoms with E-state index in [1.165, 1.54) is 12.3 Å². The minimum absolute atomic E-state index is 0.123. The Kier molecular flexibility index (Phi) is 9.85. The number of ether oxygens (including phenoxy) is 2. The minimum atomic E-state index is -0.991. The Labute approximate surface area is 218 Å². The van der Waals surface area contributed by atoms with Gasteiger partial charge in [-0.25, -0.2) is 10.2 Å². The molecule has 0 saturated carbocycles. The number of nitrogens with one attached hydrogen (secondary N) is 2. The van der Waals surface area contributed by atoms with E-state index >= 15 is 0 Å². The number of carbonyl (C=O) groups excluding carboxylic acids is 3. The third kappa shape index (κ3) is 7.83. The molecule has 3 aromatic rings. The molecule has 0 fully saturated rings. The fourth-order valence-corrected chi connectivity index (χ4v) is 3.15. The third-order valence-electron chi connectivity index (χ3n) is 4.73. The number of hydrogen-bond acceptors (Lipinski definition) is 6. The van der Waals surface area contributed by atoms with Crippen molar-refractivity contribution in [2.45, 2.75) is 19.8 Å². The van der Waals surface area contributed by atoms with E-state index in [-0.39, 0.29) is 15.7 Å². The lowest BCUT2D eigenvalue weighted by molar-refractivity contribution is -0.136. The Balaban J connectivity index is 1.48. The summed E-state index contributed by atoms with van der Waals surface area (Å²) in [6, 6.07) is 17.8. The molecule has 0 aliphatic rings. The molecule has 2 N–H and O–H groups in total. The van der Waals surface area contributed by atoms with Crippen LogP contribution in [0.4, 0.5) is 5.69 Å². The first-order valence-electron chi connectivity index (χ1n) is 11.0. The molecule has 3 aromatic carbocycles. The predicted molar refractivity (Wildman–Crippen MR) is 139 cm³/mol. The summed E-state index contributed by atoms with van der Waals surface area (Å²) in [4.78, 5) is 36.3. The molecular weight excluding hydrogens is 505 g/mol. The van der Waals surface area contributed by atoms with Crippen LogP contribution in [0.2, 0.25) is 10.0 Å². The van der Waals surface area contributed by atoms with Crippen LogP contribution < -0.4 is 20.2 Å². The van der Waals surface area contributed by atoms with Crippen molar-refractivity contribution in [2.24, 2.45) is 5.10 Å². The highest BCUT2D eigenvalue weighted by Crippen LogP contribution is 2.29. The van der Waals surface area contributed by atoms with Gasteiger partial charge in [-0.3, -0.25) is 9.59 Å². The molecule has 0 bridgehead atoms. The Morgan fingerprint density at radius 2 is 1.61 bits per heavy atom. The Hall–Kier alpha value is -3.88. The average Bonchev–Trinajstić information content (AvgIpc) is 2.88. The highest BCUT2D eigenvalue weighted by molar-refractivity contribution is 6.45. The van der Waals surface area contributed by atoms with Crippen LogP contribution in [-0.4, -0.2) is 30.6 Å². The summed E-state index contributed by atoms with van der Waals surface area (Å²) >= 11 is 11.9. The standard InChI is InChI=1S/C26H23Cl2N3O5/c1-2-3-15-35-19-13-9-18(10-14-19)26(34)36-20-11-7-17(8-12-20)16-29-31-25(33)24(32)30-22-6-4-5-21(27)23(22)28/h4-14,16H,2-3,15H2,1H3,(H,30,32)(H,31,33)/b29-16-. The molecule has 0 saturated heterocycles. The van der Waals surface area contributed by atoms with E-state index < -0.39 is 17.8 Å². The number of anilines is 1. The molecule has 0 aliphatic carbocycles. The molecule has 0 unspecified atom stereocenters. The largest absolute Gasteiger partial charge is 0.494 e. The van der Waals surface area contributed by atoms with E-state index in [4.69, 9.17) is 32.7 Å². The molecule has 0 heterocycles. The van der Waals surface area contributed by atoms with Crippen molar-refractivity contribution in [1.29, 1.82) is 0 Å². The highest BCUT2D eigenvalue weighted by atomic mass is 35.5. The molecule has 0 aromatic heterocycles. The van der Waals surface area contributed by atoms with Gasteiger partial charge < -0.3 is 14.8 Å².